The summed E-state index contributed by atoms with van der Waals surface area (Å²) in [5.41, 5.74) is 2.51. The highest BCUT2D eigenvalue weighted by Crippen LogP contribution is 2.21. The number of hydrogen-bond donors (Lipinski definition) is 2. The maximum Gasteiger partial charge on any atom is 0.417 e. The molecule has 19 heavy (non-hydrogen) atoms. The van der Waals surface area contributed by atoms with Gasteiger partial charge in [-0.15, -0.1) is 10.2 Å². The average molecular weight is 253 g/mol. The van der Waals surface area contributed by atoms with Gasteiger partial charge in [0.2, 0.25) is 0 Å². The summed E-state index contributed by atoms with van der Waals surface area (Å²) in [7, 11) is 0. The van der Waals surface area contributed by atoms with E-state index < -0.39 is 5.76 Å². The van der Waals surface area contributed by atoms with Gasteiger partial charge in [-0.1, -0.05) is 0 Å². The Labute approximate surface area is 106 Å². The summed E-state index contributed by atoms with van der Waals surface area (Å²) >= 11 is 0. The van der Waals surface area contributed by atoms with Crippen molar-refractivity contribution in [3.05, 3.63) is 40.9 Å². The molecule has 0 amide bonds. The first-order valence-electron chi connectivity index (χ1n) is 5.38. The lowest BCUT2D eigenvalue weighted by atomic mass is 10.1. The third-order valence-corrected chi connectivity index (χ3v) is 2.56. The van der Waals surface area contributed by atoms with Crippen LogP contribution in [0.2, 0.25) is 0 Å². The van der Waals surface area contributed by atoms with Gasteiger partial charge in [-0.05, 0) is 30.3 Å². The summed E-state index contributed by atoms with van der Waals surface area (Å²) in [6.07, 6.45) is 1.77. The fraction of sp³-hybridized carbons (Fsp3) is 0. The van der Waals surface area contributed by atoms with Gasteiger partial charge in [0.15, 0.2) is 17.6 Å². The van der Waals surface area contributed by atoms with Gasteiger partial charge in [0.1, 0.15) is 0 Å². The van der Waals surface area contributed by atoms with Gasteiger partial charge in [0.25, 0.3) is 0 Å². The minimum Gasteiger partial charge on any atom is -0.408 e. The molecule has 92 valence electrons. The molecule has 2 aromatic heterocycles. The van der Waals surface area contributed by atoms with Gasteiger partial charge >= 0.3 is 5.76 Å². The van der Waals surface area contributed by atoms with Crippen LogP contribution in [0, 0.1) is 11.5 Å². The Balaban J connectivity index is 2.03. The molecule has 0 unspecified atom stereocenters. The highest BCUT2D eigenvalue weighted by Gasteiger charge is 2.05. The zero-order chi connectivity index (χ0) is 13.2. The number of oxazole rings is 1. The van der Waals surface area contributed by atoms with E-state index in [-0.39, 0.29) is 0 Å². The first-order chi connectivity index (χ1) is 9.26. The monoisotopic (exact) mass is 253 g/mol. The first kappa shape index (κ1) is 11.0. The van der Waals surface area contributed by atoms with Gasteiger partial charge < -0.3 is 4.42 Å². The lowest BCUT2D eigenvalue weighted by Crippen LogP contribution is -1.95. The van der Waals surface area contributed by atoms with Crippen molar-refractivity contribution in [2.24, 2.45) is 0 Å². The van der Waals surface area contributed by atoms with E-state index in [0.717, 1.165) is 5.56 Å². The Bertz CT molecular complexity index is 826. The van der Waals surface area contributed by atoms with Crippen molar-refractivity contribution in [1.29, 1.82) is 5.26 Å². The van der Waals surface area contributed by atoms with Crippen molar-refractivity contribution < 1.29 is 4.42 Å². The lowest BCUT2D eigenvalue weighted by molar-refractivity contribution is 0.555. The molecule has 0 aliphatic heterocycles. The van der Waals surface area contributed by atoms with Gasteiger partial charge in [-0.2, -0.15) is 5.26 Å². The summed E-state index contributed by atoms with van der Waals surface area (Å²) in [6.45, 7) is 0. The van der Waals surface area contributed by atoms with Crippen LogP contribution in [0.25, 0.3) is 22.4 Å². The Kier molecular flexibility index (Phi) is 2.47. The first-order valence-corrected chi connectivity index (χ1v) is 5.38. The molecule has 3 aromatic rings. The number of benzene rings is 1. The number of fused-ring (bicyclic) bond motifs is 1. The number of nitriles is 1. The number of hydrogen-bond acceptors (Lipinski definition) is 6. The largest absolute Gasteiger partial charge is 0.417 e. The summed E-state index contributed by atoms with van der Waals surface area (Å²) in [6, 6.07) is 8.59. The standard InChI is InChI=1S/C12H7N5O2/c13-6-14-11-4-2-8(16-17-11)7-1-3-10-9(5-7)15-12(18)19-10/h1-5H,(H,14,17)(H,15,18). The fourth-order valence-electron chi connectivity index (χ4n) is 1.72. The molecule has 0 aliphatic rings. The van der Waals surface area contributed by atoms with Gasteiger partial charge in [0, 0.05) is 5.56 Å². The summed E-state index contributed by atoms with van der Waals surface area (Å²) in [5.74, 6) is -0.115. The predicted octanol–water partition coefficient (Wildman–Crippen LogP) is 1.47. The van der Waals surface area contributed by atoms with E-state index in [1.165, 1.54) is 0 Å². The van der Waals surface area contributed by atoms with Crippen LogP contribution >= 0.6 is 0 Å². The van der Waals surface area contributed by atoms with E-state index in [4.69, 9.17) is 9.68 Å². The Morgan fingerprint density at radius 3 is 2.89 bits per heavy atom. The second-order valence-electron chi connectivity index (χ2n) is 3.77. The topological polar surface area (TPSA) is 108 Å². The van der Waals surface area contributed by atoms with Crippen LogP contribution in [-0.4, -0.2) is 15.2 Å². The normalized spacial score (nSPS) is 10.3. The fourth-order valence-corrected chi connectivity index (χ4v) is 1.72. The summed E-state index contributed by atoms with van der Waals surface area (Å²) < 4.78 is 4.92. The molecule has 0 bridgehead atoms. The minimum absolute atomic E-state index is 0.379. The Hall–Kier alpha value is -3.14. The van der Waals surface area contributed by atoms with Crippen LogP contribution in [0.3, 0.4) is 0 Å². The van der Waals surface area contributed by atoms with Crippen molar-refractivity contribution >= 4 is 16.9 Å². The molecule has 0 spiro atoms. The lowest BCUT2D eigenvalue weighted by Gasteiger charge is -2.00. The van der Waals surface area contributed by atoms with Gasteiger partial charge in [-0.3, -0.25) is 10.3 Å². The van der Waals surface area contributed by atoms with E-state index in [1.54, 1.807) is 36.5 Å². The molecule has 0 fully saturated rings. The molecule has 0 saturated carbocycles. The maximum absolute atomic E-state index is 11.1. The zero-order valence-corrected chi connectivity index (χ0v) is 9.54. The molecule has 7 nitrogen and oxygen atoms in total. The minimum atomic E-state index is -0.494. The summed E-state index contributed by atoms with van der Waals surface area (Å²) in [5, 5.41) is 18.7. The molecule has 2 N–H and O–H groups in total. The molecule has 7 heteroatoms. The van der Waals surface area contributed by atoms with Crippen LogP contribution in [0.4, 0.5) is 5.82 Å². The molecule has 2 heterocycles. The van der Waals surface area contributed by atoms with E-state index in [9.17, 15) is 4.79 Å². The van der Waals surface area contributed by atoms with Crippen molar-refractivity contribution in [2.75, 3.05) is 5.32 Å². The Morgan fingerprint density at radius 2 is 2.16 bits per heavy atom. The number of aromatic nitrogens is 3. The predicted molar refractivity (Wildman–Crippen MR) is 67.1 cm³/mol. The number of rotatable bonds is 2. The van der Waals surface area contributed by atoms with E-state index in [1.807, 2.05) is 0 Å². The maximum atomic E-state index is 11.1. The third-order valence-electron chi connectivity index (χ3n) is 2.56. The van der Waals surface area contributed by atoms with Crippen molar-refractivity contribution in [2.45, 2.75) is 0 Å². The molecule has 0 saturated heterocycles. The second-order valence-corrected chi connectivity index (χ2v) is 3.77. The number of aromatic amines is 1. The van der Waals surface area contributed by atoms with Crippen LogP contribution in [0.5, 0.6) is 0 Å². The van der Waals surface area contributed by atoms with Gasteiger partial charge in [-0.25, -0.2) is 4.79 Å². The quantitative estimate of drug-likeness (QED) is 0.529. The molecular formula is C12H7N5O2. The van der Waals surface area contributed by atoms with E-state index in [0.29, 0.717) is 22.6 Å². The highest BCUT2D eigenvalue weighted by atomic mass is 16.4. The van der Waals surface area contributed by atoms with Crippen molar-refractivity contribution in [3.63, 3.8) is 0 Å². The molecule has 3 rings (SSSR count). The second kappa shape index (κ2) is 4.27. The number of nitrogens with zero attached hydrogens (tertiary/aromatic N) is 3. The Morgan fingerprint density at radius 1 is 1.26 bits per heavy atom. The SMILES string of the molecule is N#CNc1ccc(-c2ccc3oc(=O)[nH]c3c2)nn1. The highest BCUT2D eigenvalue weighted by molar-refractivity contribution is 5.79. The average Bonchev–Trinajstić information content (AvgIpc) is 2.79. The van der Waals surface area contributed by atoms with Crippen molar-refractivity contribution in [1.82, 2.24) is 15.2 Å². The molecule has 0 atom stereocenters. The zero-order valence-electron chi connectivity index (χ0n) is 9.54. The number of nitrogens with one attached hydrogen (secondary N) is 2. The molecule has 0 radical (unpaired) electrons. The van der Waals surface area contributed by atoms with Crippen LogP contribution in [0.15, 0.2) is 39.5 Å². The van der Waals surface area contributed by atoms with E-state index in [2.05, 4.69) is 20.5 Å². The molecule has 0 aliphatic carbocycles. The van der Waals surface area contributed by atoms with Crippen LogP contribution in [0.1, 0.15) is 0 Å². The third kappa shape index (κ3) is 2.02. The van der Waals surface area contributed by atoms with Crippen LogP contribution in [-0.2, 0) is 0 Å². The smallest absolute Gasteiger partial charge is 0.408 e. The van der Waals surface area contributed by atoms with Crippen molar-refractivity contribution in [3.8, 4) is 17.5 Å². The molecule has 1 aromatic carbocycles. The van der Waals surface area contributed by atoms with Crippen LogP contribution < -0.4 is 11.1 Å². The number of anilines is 1. The van der Waals surface area contributed by atoms with E-state index >= 15 is 0 Å². The molecular weight excluding hydrogens is 246 g/mol. The van der Waals surface area contributed by atoms with Gasteiger partial charge in [0.05, 0.1) is 11.2 Å². The number of H-pyrrole nitrogens is 1. The summed E-state index contributed by atoms with van der Waals surface area (Å²) in [4.78, 5) is 13.6.